The second kappa shape index (κ2) is 7.06. The summed E-state index contributed by atoms with van der Waals surface area (Å²) in [5, 5.41) is 3.37. The van der Waals surface area contributed by atoms with Crippen molar-refractivity contribution in [2.24, 2.45) is 0 Å². The van der Waals surface area contributed by atoms with Gasteiger partial charge in [-0.15, -0.1) is 0 Å². The van der Waals surface area contributed by atoms with Crippen LogP contribution < -0.4 is 10.1 Å². The molecule has 1 atom stereocenters. The van der Waals surface area contributed by atoms with E-state index in [4.69, 9.17) is 4.74 Å². The molecular formula is C17H20FNO. The number of rotatable bonds is 6. The quantitative estimate of drug-likeness (QED) is 0.856. The highest BCUT2D eigenvalue weighted by Crippen LogP contribution is 2.20. The Bertz CT molecular complexity index is 556. The van der Waals surface area contributed by atoms with Crippen molar-refractivity contribution < 1.29 is 9.13 Å². The molecule has 2 nitrogen and oxygen atoms in total. The largest absolute Gasteiger partial charge is 0.489 e. The fraction of sp³-hybridized carbons (Fsp3) is 0.294. The molecule has 2 aromatic rings. The molecule has 1 unspecified atom stereocenters. The summed E-state index contributed by atoms with van der Waals surface area (Å²) < 4.78 is 18.8. The van der Waals surface area contributed by atoms with E-state index in [0.717, 1.165) is 17.9 Å². The van der Waals surface area contributed by atoms with Gasteiger partial charge in [-0.1, -0.05) is 31.2 Å². The minimum absolute atomic E-state index is 0.236. The Labute approximate surface area is 119 Å². The van der Waals surface area contributed by atoms with E-state index in [2.05, 4.69) is 25.2 Å². The van der Waals surface area contributed by atoms with Crippen molar-refractivity contribution in [1.82, 2.24) is 5.32 Å². The number of hydrogen-bond donors (Lipinski definition) is 1. The first-order valence-corrected chi connectivity index (χ1v) is 6.89. The van der Waals surface area contributed by atoms with Crippen LogP contribution in [0, 0.1) is 5.82 Å². The van der Waals surface area contributed by atoms with Gasteiger partial charge in [-0.2, -0.15) is 0 Å². The molecule has 2 aromatic carbocycles. The zero-order chi connectivity index (χ0) is 14.4. The smallest absolute Gasteiger partial charge is 0.123 e. The highest BCUT2D eigenvalue weighted by atomic mass is 19.1. The van der Waals surface area contributed by atoms with Gasteiger partial charge in [-0.25, -0.2) is 4.39 Å². The fourth-order valence-corrected chi connectivity index (χ4v) is 2.09. The van der Waals surface area contributed by atoms with Gasteiger partial charge in [0, 0.05) is 6.04 Å². The highest BCUT2D eigenvalue weighted by molar-refractivity contribution is 5.30. The van der Waals surface area contributed by atoms with Crippen molar-refractivity contribution in [2.45, 2.75) is 26.5 Å². The molecule has 3 heteroatoms. The molecule has 0 heterocycles. The van der Waals surface area contributed by atoms with Crippen molar-refractivity contribution in [3.8, 4) is 5.75 Å². The third-order valence-corrected chi connectivity index (χ3v) is 3.16. The predicted octanol–water partition coefficient (Wildman–Crippen LogP) is 4.08. The van der Waals surface area contributed by atoms with Crippen molar-refractivity contribution >= 4 is 0 Å². The summed E-state index contributed by atoms with van der Waals surface area (Å²) in [6.45, 7) is 5.50. The summed E-state index contributed by atoms with van der Waals surface area (Å²) in [6.07, 6.45) is 0. The molecule has 0 amide bonds. The molecular weight excluding hydrogens is 253 g/mol. The van der Waals surface area contributed by atoms with Gasteiger partial charge >= 0.3 is 0 Å². The Hall–Kier alpha value is -1.87. The van der Waals surface area contributed by atoms with Crippen LogP contribution in [0.4, 0.5) is 4.39 Å². The minimum atomic E-state index is -0.236. The Kier molecular flexibility index (Phi) is 5.13. The summed E-state index contributed by atoms with van der Waals surface area (Å²) in [5.74, 6) is 0.567. The zero-order valence-corrected chi connectivity index (χ0v) is 11.9. The average molecular weight is 273 g/mol. The van der Waals surface area contributed by atoms with Crippen molar-refractivity contribution in [3.63, 3.8) is 0 Å². The van der Waals surface area contributed by atoms with Gasteiger partial charge in [-0.3, -0.25) is 0 Å². The molecule has 1 N–H and O–H groups in total. The van der Waals surface area contributed by atoms with Crippen LogP contribution in [-0.4, -0.2) is 6.54 Å². The lowest BCUT2D eigenvalue weighted by atomic mass is 10.1. The first-order chi connectivity index (χ1) is 9.69. The second-order valence-electron chi connectivity index (χ2n) is 4.77. The lowest BCUT2D eigenvalue weighted by Gasteiger charge is -2.14. The molecule has 0 saturated carbocycles. The highest BCUT2D eigenvalue weighted by Gasteiger charge is 2.05. The van der Waals surface area contributed by atoms with E-state index in [9.17, 15) is 4.39 Å². The number of nitrogens with one attached hydrogen (secondary N) is 1. The number of benzene rings is 2. The lowest BCUT2D eigenvalue weighted by Crippen LogP contribution is -2.17. The lowest BCUT2D eigenvalue weighted by molar-refractivity contribution is 0.305. The summed E-state index contributed by atoms with van der Waals surface area (Å²) in [4.78, 5) is 0. The molecule has 0 saturated heterocycles. The predicted molar refractivity (Wildman–Crippen MR) is 79.3 cm³/mol. The Balaban J connectivity index is 2.01. The van der Waals surface area contributed by atoms with Crippen molar-refractivity contribution in [3.05, 3.63) is 65.5 Å². The van der Waals surface area contributed by atoms with Crippen LogP contribution >= 0.6 is 0 Å². The molecule has 2 rings (SSSR count). The fourth-order valence-electron chi connectivity index (χ4n) is 2.09. The third kappa shape index (κ3) is 4.07. The zero-order valence-electron chi connectivity index (χ0n) is 11.9. The van der Waals surface area contributed by atoms with E-state index in [1.165, 1.54) is 17.7 Å². The topological polar surface area (TPSA) is 21.3 Å². The van der Waals surface area contributed by atoms with Crippen LogP contribution in [0.25, 0.3) is 0 Å². The van der Waals surface area contributed by atoms with Gasteiger partial charge < -0.3 is 10.1 Å². The van der Waals surface area contributed by atoms with Crippen molar-refractivity contribution in [2.75, 3.05) is 6.54 Å². The molecule has 0 radical (unpaired) electrons. The van der Waals surface area contributed by atoms with E-state index in [1.54, 1.807) is 6.07 Å². The average Bonchev–Trinajstić information content (AvgIpc) is 2.46. The maximum atomic E-state index is 13.1. The first kappa shape index (κ1) is 14.5. The second-order valence-corrected chi connectivity index (χ2v) is 4.77. The standard InChI is InChI=1S/C17H20FNO/c1-3-19-13(2)15-7-5-9-17(11-15)20-12-14-6-4-8-16(18)10-14/h4-11,13,19H,3,12H2,1-2H3. The molecule has 0 aliphatic heterocycles. The van der Waals surface area contributed by atoms with Gasteiger partial charge in [-0.05, 0) is 48.9 Å². The summed E-state index contributed by atoms with van der Waals surface area (Å²) >= 11 is 0. The van der Waals surface area contributed by atoms with E-state index < -0.39 is 0 Å². The molecule has 0 aromatic heterocycles. The summed E-state index contributed by atoms with van der Waals surface area (Å²) in [5.41, 5.74) is 2.01. The van der Waals surface area contributed by atoms with Gasteiger partial charge in [0.15, 0.2) is 0 Å². The summed E-state index contributed by atoms with van der Waals surface area (Å²) in [6, 6.07) is 14.7. The van der Waals surface area contributed by atoms with Crippen LogP contribution in [0.15, 0.2) is 48.5 Å². The van der Waals surface area contributed by atoms with Crippen molar-refractivity contribution in [1.29, 1.82) is 0 Å². The molecule has 0 spiro atoms. The molecule has 0 aliphatic carbocycles. The maximum absolute atomic E-state index is 13.1. The molecule has 106 valence electrons. The molecule has 0 aliphatic rings. The van der Waals surface area contributed by atoms with E-state index in [-0.39, 0.29) is 11.9 Å². The van der Waals surface area contributed by atoms with Crippen LogP contribution in [0.2, 0.25) is 0 Å². The van der Waals surface area contributed by atoms with E-state index in [0.29, 0.717) is 6.61 Å². The van der Waals surface area contributed by atoms with Gasteiger partial charge in [0.05, 0.1) is 0 Å². The number of hydrogen-bond acceptors (Lipinski definition) is 2. The Morgan fingerprint density at radius 2 is 1.95 bits per heavy atom. The third-order valence-electron chi connectivity index (χ3n) is 3.16. The van der Waals surface area contributed by atoms with Crippen LogP contribution in [0.1, 0.15) is 31.0 Å². The maximum Gasteiger partial charge on any atom is 0.123 e. The first-order valence-electron chi connectivity index (χ1n) is 6.89. The van der Waals surface area contributed by atoms with E-state index in [1.807, 2.05) is 24.3 Å². The SMILES string of the molecule is CCNC(C)c1cccc(OCc2cccc(F)c2)c1. The molecule has 0 fully saturated rings. The van der Waals surface area contributed by atoms with Gasteiger partial charge in [0.1, 0.15) is 18.2 Å². The van der Waals surface area contributed by atoms with Crippen LogP contribution in [0.5, 0.6) is 5.75 Å². The molecule has 0 bridgehead atoms. The van der Waals surface area contributed by atoms with Gasteiger partial charge in [0.2, 0.25) is 0 Å². The summed E-state index contributed by atoms with van der Waals surface area (Å²) in [7, 11) is 0. The van der Waals surface area contributed by atoms with Crippen LogP contribution in [-0.2, 0) is 6.61 Å². The number of halogens is 1. The Morgan fingerprint density at radius 1 is 1.15 bits per heavy atom. The molecule has 20 heavy (non-hydrogen) atoms. The van der Waals surface area contributed by atoms with Gasteiger partial charge in [0.25, 0.3) is 0 Å². The van der Waals surface area contributed by atoms with E-state index >= 15 is 0 Å². The normalized spacial score (nSPS) is 12.2. The van der Waals surface area contributed by atoms with Crippen LogP contribution in [0.3, 0.4) is 0 Å². The number of ether oxygens (including phenoxy) is 1. The minimum Gasteiger partial charge on any atom is -0.489 e. The monoisotopic (exact) mass is 273 g/mol. The Morgan fingerprint density at radius 3 is 2.70 bits per heavy atom.